The molecule has 0 aliphatic heterocycles. The fourth-order valence-corrected chi connectivity index (χ4v) is 2.57. The zero-order valence-corrected chi connectivity index (χ0v) is 9.96. The predicted octanol–water partition coefficient (Wildman–Crippen LogP) is 1.13. The Morgan fingerprint density at radius 3 is 2.60 bits per heavy atom. The number of nitrogens with two attached hydrogens (primary N) is 1. The van der Waals surface area contributed by atoms with E-state index in [0.717, 1.165) is 37.8 Å². The van der Waals surface area contributed by atoms with Crippen LogP contribution in [0.2, 0.25) is 0 Å². The first kappa shape index (κ1) is 11.4. The van der Waals surface area contributed by atoms with E-state index in [1.807, 2.05) is 0 Å². The molecule has 0 aromatic heterocycles. The van der Waals surface area contributed by atoms with Crippen LogP contribution < -0.4 is 11.1 Å². The van der Waals surface area contributed by atoms with Gasteiger partial charge < -0.3 is 15.8 Å². The lowest BCUT2D eigenvalue weighted by atomic mass is 9.74. The molecule has 15 heavy (non-hydrogen) atoms. The lowest BCUT2D eigenvalue weighted by Gasteiger charge is -2.47. The molecule has 0 radical (unpaired) electrons. The molecule has 3 heteroatoms. The topological polar surface area (TPSA) is 47.3 Å². The third-order valence-electron chi connectivity index (χ3n) is 4.19. The quantitative estimate of drug-likeness (QED) is 0.694. The van der Waals surface area contributed by atoms with E-state index < -0.39 is 0 Å². The van der Waals surface area contributed by atoms with Crippen LogP contribution in [0.15, 0.2) is 0 Å². The van der Waals surface area contributed by atoms with Crippen LogP contribution in [0.1, 0.15) is 32.6 Å². The molecular formula is C12H24N2O. The van der Waals surface area contributed by atoms with Crippen LogP contribution in [0.25, 0.3) is 0 Å². The van der Waals surface area contributed by atoms with E-state index in [-0.39, 0.29) is 5.54 Å². The predicted molar refractivity (Wildman–Crippen MR) is 61.7 cm³/mol. The molecule has 0 amide bonds. The van der Waals surface area contributed by atoms with Crippen molar-refractivity contribution in [2.24, 2.45) is 17.6 Å². The molecule has 0 aromatic carbocycles. The van der Waals surface area contributed by atoms with Crippen LogP contribution in [-0.4, -0.2) is 31.8 Å². The standard InChI is InChI=1S/C12H24N2O/c1-9(10-3-4-10)7-14-12(8-13)5-11(6-12)15-2/h9-11,14H,3-8,13H2,1-2H3. The van der Waals surface area contributed by atoms with Crippen molar-refractivity contribution in [2.75, 3.05) is 20.2 Å². The van der Waals surface area contributed by atoms with Gasteiger partial charge in [-0.15, -0.1) is 0 Å². The van der Waals surface area contributed by atoms with Gasteiger partial charge in [-0.05, 0) is 44.1 Å². The lowest BCUT2D eigenvalue weighted by Crippen LogP contribution is -2.63. The van der Waals surface area contributed by atoms with Gasteiger partial charge in [-0.1, -0.05) is 6.92 Å². The SMILES string of the molecule is COC1CC(CN)(NCC(C)C2CC2)C1. The molecule has 0 heterocycles. The van der Waals surface area contributed by atoms with Gasteiger partial charge in [0.2, 0.25) is 0 Å². The number of hydrogen-bond donors (Lipinski definition) is 2. The van der Waals surface area contributed by atoms with Crippen LogP contribution in [0.5, 0.6) is 0 Å². The summed E-state index contributed by atoms with van der Waals surface area (Å²) in [7, 11) is 1.79. The minimum Gasteiger partial charge on any atom is -0.381 e. The zero-order chi connectivity index (χ0) is 10.9. The maximum absolute atomic E-state index is 5.85. The summed E-state index contributed by atoms with van der Waals surface area (Å²) in [4.78, 5) is 0. The first-order valence-corrected chi connectivity index (χ1v) is 6.17. The Kier molecular flexibility index (Phi) is 3.33. The van der Waals surface area contributed by atoms with Crippen LogP contribution in [0, 0.1) is 11.8 Å². The Labute approximate surface area is 92.7 Å². The molecule has 2 saturated carbocycles. The molecule has 0 aromatic rings. The van der Waals surface area contributed by atoms with Crippen molar-refractivity contribution in [3.05, 3.63) is 0 Å². The molecule has 3 nitrogen and oxygen atoms in total. The second-order valence-corrected chi connectivity index (χ2v) is 5.45. The number of nitrogens with one attached hydrogen (secondary N) is 1. The Bertz CT molecular complexity index is 210. The number of rotatable bonds is 6. The molecule has 88 valence electrons. The largest absolute Gasteiger partial charge is 0.381 e. The van der Waals surface area contributed by atoms with Gasteiger partial charge in [-0.3, -0.25) is 0 Å². The highest BCUT2D eigenvalue weighted by Gasteiger charge is 2.43. The first-order valence-electron chi connectivity index (χ1n) is 6.17. The smallest absolute Gasteiger partial charge is 0.0607 e. The van der Waals surface area contributed by atoms with Crippen molar-refractivity contribution < 1.29 is 4.74 Å². The van der Waals surface area contributed by atoms with Crippen molar-refractivity contribution in [3.8, 4) is 0 Å². The van der Waals surface area contributed by atoms with Crippen molar-refractivity contribution in [1.82, 2.24) is 5.32 Å². The summed E-state index contributed by atoms with van der Waals surface area (Å²) in [5.74, 6) is 1.79. The van der Waals surface area contributed by atoms with Crippen LogP contribution in [0.3, 0.4) is 0 Å². The third-order valence-corrected chi connectivity index (χ3v) is 4.19. The molecule has 0 bridgehead atoms. The molecule has 3 N–H and O–H groups in total. The van der Waals surface area contributed by atoms with Crippen molar-refractivity contribution in [1.29, 1.82) is 0 Å². The molecular weight excluding hydrogens is 188 g/mol. The van der Waals surface area contributed by atoms with E-state index in [1.165, 1.54) is 12.8 Å². The highest BCUT2D eigenvalue weighted by molar-refractivity contribution is 5.03. The molecule has 2 aliphatic carbocycles. The number of hydrogen-bond acceptors (Lipinski definition) is 3. The molecule has 0 saturated heterocycles. The average molecular weight is 212 g/mol. The number of methoxy groups -OCH3 is 1. The number of ether oxygens (including phenoxy) is 1. The summed E-state index contributed by atoms with van der Waals surface area (Å²) in [5, 5.41) is 3.66. The monoisotopic (exact) mass is 212 g/mol. The molecule has 0 spiro atoms. The first-order chi connectivity index (χ1) is 7.19. The van der Waals surface area contributed by atoms with Gasteiger partial charge in [0.25, 0.3) is 0 Å². The van der Waals surface area contributed by atoms with Gasteiger partial charge in [0, 0.05) is 19.2 Å². The summed E-state index contributed by atoms with van der Waals surface area (Å²) in [6.07, 6.45) is 5.45. The molecule has 2 fully saturated rings. The van der Waals surface area contributed by atoms with Gasteiger partial charge in [0.1, 0.15) is 0 Å². The fraction of sp³-hybridized carbons (Fsp3) is 1.00. The highest BCUT2D eigenvalue weighted by Crippen LogP contribution is 2.38. The third kappa shape index (κ3) is 2.52. The summed E-state index contributed by atoms with van der Waals surface area (Å²) >= 11 is 0. The van der Waals surface area contributed by atoms with Crippen molar-refractivity contribution in [3.63, 3.8) is 0 Å². The second-order valence-electron chi connectivity index (χ2n) is 5.45. The molecule has 2 aliphatic rings. The minimum absolute atomic E-state index is 0.184. The lowest BCUT2D eigenvalue weighted by molar-refractivity contribution is -0.0278. The van der Waals surface area contributed by atoms with Crippen molar-refractivity contribution in [2.45, 2.75) is 44.2 Å². The Balaban J connectivity index is 1.72. The molecule has 1 atom stereocenters. The summed E-state index contributed by atoms with van der Waals surface area (Å²) < 4.78 is 5.31. The summed E-state index contributed by atoms with van der Waals surface area (Å²) in [5.41, 5.74) is 6.03. The van der Waals surface area contributed by atoms with Gasteiger partial charge in [-0.25, -0.2) is 0 Å². The average Bonchev–Trinajstić information content (AvgIpc) is 3.00. The van der Waals surface area contributed by atoms with Crippen LogP contribution in [-0.2, 0) is 4.74 Å². The van der Waals surface area contributed by atoms with E-state index in [2.05, 4.69) is 12.2 Å². The maximum atomic E-state index is 5.85. The fourth-order valence-electron chi connectivity index (χ4n) is 2.57. The van der Waals surface area contributed by atoms with Gasteiger partial charge in [0.15, 0.2) is 0 Å². The van der Waals surface area contributed by atoms with Crippen molar-refractivity contribution >= 4 is 0 Å². The maximum Gasteiger partial charge on any atom is 0.0607 e. The van der Waals surface area contributed by atoms with Crippen LogP contribution >= 0.6 is 0 Å². The zero-order valence-electron chi connectivity index (χ0n) is 9.96. The summed E-state index contributed by atoms with van der Waals surface area (Å²) in [6, 6.07) is 0. The van der Waals surface area contributed by atoms with Gasteiger partial charge >= 0.3 is 0 Å². The van der Waals surface area contributed by atoms with E-state index >= 15 is 0 Å². The van der Waals surface area contributed by atoms with Gasteiger partial charge in [-0.2, -0.15) is 0 Å². The summed E-state index contributed by atoms with van der Waals surface area (Å²) in [6.45, 7) is 4.21. The highest BCUT2D eigenvalue weighted by atomic mass is 16.5. The minimum atomic E-state index is 0.184. The van der Waals surface area contributed by atoms with E-state index in [0.29, 0.717) is 6.10 Å². The molecule has 2 rings (SSSR count). The van der Waals surface area contributed by atoms with E-state index in [4.69, 9.17) is 10.5 Å². The van der Waals surface area contributed by atoms with Gasteiger partial charge in [0.05, 0.1) is 6.10 Å². The van der Waals surface area contributed by atoms with E-state index in [1.54, 1.807) is 7.11 Å². The van der Waals surface area contributed by atoms with E-state index in [9.17, 15) is 0 Å². The van der Waals surface area contributed by atoms with Crippen LogP contribution in [0.4, 0.5) is 0 Å². The second kappa shape index (κ2) is 4.40. The Morgan fingerprint density at radius 2 is 2.13 bits per heavy atom. The normalized spacial score (nSPS) is 37.4. The Morgan fingerprint density at radius 1 is 1.47 bits per heavy atom. The molecule has 1 unspecified atom stereocenters. The Hall–Kier alpha value is -0.120.